The van der Waals surface area contributed by atoms with Gasteiger partial charge in [0, 0.05) is 11.3 Å². The van der Waals surface area contributed by atoms with Crippen LogP contribution in [0.4, 0.5) is 8.78 Å². The van der Waals surface area contributed by atoms with Crippen LogP contribution in [0.5, 0.6) is 5.88 Å². The van der Waals surface area contributed by atoms with Crippen molar-refractivity contribution in [3.05, 3.63) is 22.3 Å². The summed E-state index contributed by atoms with van der Waals surface area (Å²) in [5.74, 6) is 0.0389. The fourth-order valence-corrected chi connectivity index (χ4v) is 1.20. The lowest BCUT2D eigenvalue weighted by Gasteiger charge is -2.08. The average molecular weight is 208 g/mol. The number of halogens is 3. The monoisotopic (exact) mass is 207 g/mol. The molecule has 72 valence electrons. The lowest BCUT2D eigenvalue weighted by Crippen LogP contribution is -1.96. The third-order valence-electron chi connectivity index (χ3n) is 1.51. The molecule has 0 saturated heterocycles. The van der Waals surface area contributed by atoms with Crippen LogP contribution < -0.4 is 4.74 Å². The summed E-state index contributed by atoms with van der Waals surface area (Å²) in [6.07, 6.45) is -2.61. The van der Waals surface area contributed by atoms with Crippen molar-refractivity contribution in [1.82, 2.24) is 4.98 Å². The van der Waals surface area contributed by atoms with Crippen molar-refractivity contribution in [1.29, 1.82) is 0 Å². The van der Waals surface area contributed by atoms with Crippen molar-refractivity contribution in [3.8, 4) is 5.88 Å². The second-order valence-electron chi connectivity index (χ2n) is 2.48. The first kappa shape index (κ1) is 10.2. The van der Waals surface area contributed by atoms with Gasteiger partial charge in [-0.05, 0) is 13.0 Å². The predicted octanol–water partition coefficient (Wildman–Crippen LogP) is 2.99. The summed E-state index contributed by atoms with van der Waals surface area (Å²) in [5, 5.41) is -0.122. The van der Waals surface area contributed by atoms with E-state index in [-0.39, 0.29) is 16.5 Å². The molecule has 1 aromatic heterocycles. The van der Waals surface area contributed by atoms with E-state index in [1.54, 1.807) is 6.92 Å². The Balaban J connectivity index is 3.27. The summed E-state index contributed by atoms with van der Waals surface area (Å²) in [4.78, 5) is 3.85. The molecule has 0 fully saturated rings. The molecule has 0 aromatic carbocycles. The number of alkyl halides is 2. The first-order valence-electron chi connectivity index (χ1n) is 3.55. The van der Waals surface area contributed by atoms with Crippen LogP contribution >= 0.6 is 11.6 Å². The first-order valence-corrected chi connectivity index (χ1v) is 3.93. The Morgan fingerprint density at radius 1 is 1.54 bits per heavy atom. The molecule has 0 aliphatic carbocycles. The highest BCUT2D eigenvalue weighted by Crippen LogP contribution is 2.33. The van der Waals surface area contributed by atoms with Gasteiger partial charge in [-0.1, -0.05) is 11.6 Å². The molecule has 0 atom stereocenters. The molecule has 13 heavy (non-hydrogen) atoms. The van der Waals surface area contributed by atoms with Gasteiger partial charge in [-0.3, -0.25) is 0 Å². The maximum atomic E-state index is 12.4. The standard InChI is InChI=1S/C8H8ClF2NO/c1-4-3-5(7(10)11)6(9)8(12-4)13-2/h3,7H,1-2H3. The minimum absolute atomic E-state index is 0.0389. The topological polar surface area (TPSA) is 22.1 Å². The highest BCUT2D eigenvalue weighted by molar-refractivity contribution is 6.32. The van der Waals surface area contributed by atoms with Crippen LogP contribution in [0, 0.1) is 6.92 Å². The lowest BCUT2D eigenvalue weighted by molar-refractivity contribution is 0.151. The summed E-state index contributed by atoms with van der Waals surface area (Å²) in [7, 11) is 1.34. The number of methoxy groups -OCH3 is 1. The van der Waals surface area contributed by atoms with Gasteiger partial charge in [0.25, 0.3) is 6.43 Å². The van der Waals surface area contributed by atoms with Crippen LogP contribution in [-0.4, -0.2) is 12.1 Å². The summed E-state index contributed by atoms with van der Waals surface area (Å²) in [6, 6.07) is 1.25. The highest BCUT2D eigenvalue weighted by Gasteiger charge is 2.17. The molecule has 0 aliphatic rings. The van der Waals surface area contributed by atoms with Crippen LogP contribution in [0.25, 0.3) is 0 Å². The van der Waals surface area contributed by atoms with Crippen LogP contribution in [0.1, 0.15) is 17.7 Å². The van der Waals surface area contributed by atoms with E-state index in [1.807, 2.05) is 0 Å². The summed E-state index contributed by atoms with van der Waals surface area (Å²) >= 11 is 5.61. The number of nitrogens with zero attached hydrogens (tertiary/aromatic N) is 1. The van der Waals surface area contributed by atoms with E-state index in [9.17, 15) is 8.78 Å². The Hall–Kier alpha value is -0.900. The lowest BCUT2D eigenvalue weighted by atomic mass is 10.2. The van der Waals surface area contributed by atoms with Gasteiger partial charge in [-0.25, -0.2) is 13.8 Å². The predicted molar refractivity (Wildman–Crippen MR) is 45.5 cm³/mol. The summed E-state index contributed by atoms with van der Waals surface area (Å²) in [5.41, 5.74) is 0.211. The van der Waals surface area contributed by atoms with Crippen molar-refractivity contribution in [2.75, 3.05) is 7.11 Å². The maximum Gasteiger partial charge on any atom is 0.265 e. The third-order valence-corrected chi connectivity index (χ3v) is 1.89. The summed E-state index contributed by atoms with van der Waals surface area (Å²) < 4.78 is 29.5. The normalized spacial score (nSPS) is 10.6. The molecule has 1 rings (SSSR count). The maximum absolute atomic E-state index is 12.4. The zero-order chi connectivity index (χ0) is 10.0. The first-order chi connectivity index (χ1) is 6.06. The van der Waals surface area contributed by atoms with Crippen LogP contribution in [0.3, 0.4) is 0 Å². The number of ether oxygens (including phenoxy) is 1. The Kier molecular flexibility index (Phi) is 3.03. The second kappa shape index (κ2) is 3.87. The molecule has 1 aromatic rings. The van der Waals surface area contributed by atoms with E-state index < -0.39 is 6.43 Å². The second-order valence-corrected chi connectivity index (χ2v) is 2.85. The molecule has 0 amide bonds. The SMILES string of the molecule is COc1nc(C)cc(C(F)F)c1Cl. The van der Waals surface area contributed by atoms with E-state index in [2.05, 4.69) is 4.98 Å². The van der Waals surface area contributed by atoms with Gasteiger partial charge < -0.3 is 4.74 Å². The van der Waals surface area contributed by atoms with Gasteiger partial charge in [0.2, 0.25) is 5.88 Å². The number of aryl methyl sites for hydroxylation is 1. The molecule has 5 heteroatoms. The molecular weight excluding hydrogens is 200 g/mol. The molecule has 2 nitrogen and oxygen atoms in total. The molecule has 0 unspecified atom stereocenters. The largest absolute Gasteiger partial charge is 0.480 e. The highest BCUT2D eigenvalue weighted by atomic mass is 35.5. The Morgan fingerprint density at radius 3 is 2.62 bits per heavy atom. The minimum Gasteiger partial charge on any atom is -0.480 e. The van der Waals surface area contributed by atoms with Crippen LogP contribution in [-0.2, 0) is 0 Å². The van der Waals surface area contributed by atoms with Crippen molar-refractivity contribution >= 4 is 11.6 Å². The van der Waals surface area contributed by atoms with Crippen LogP contribution in [0.2, 0.25) is 5.02 Å². The Morgan fingerprint density at radius 2 is 2.15 bits per heavy atom. The number of hydrogen-bond donors (Lipinski definition) is 0. The van der Waals surface area contributed by atoms with E-state index in [0.29, 0.717) is 5.69 Å². The average Bonchev–Trinajstić information content (AvgIpc) is 2.08. The van der Waals surface area contributed by atoms with Gasteiger partial charge in [-0.2, -0.15) is 0 Å². The van der Waals surface area contributed by atoms with Crippen molar-refractivity contribution < 1.29 is 13.5 Å². The smallest absolute Gasteiger partial charge is 0.265 e. The fraction of sp³-hybridized carbons (Fsp3) is 0.375. The Bertz CT molecular complexity index is 317. The molecule has 0 saturated carbocycles. The quantitative estimate of drug-likeness (QED) is 0.744. The van der Waals surface area contributed by atoms with Crippen molar-refractivity contribution in [2.45, 2.75) is 13.3 Å². The number of hydrogen-bond acceptors (Lipinski definition) is 2. The zero-order valence-electron chi connectivity index (χ0n) is 7.14. The molecule has 0 aliphatic heterocycles. The van der Waals surface area contributed by atoms with Gasteiger partial charge >= 0.3 is 0 Å². The van der Waals surface area contributed by atoms with Crippen LogP contribution in [0.15, 0.2) is 6.07 Å². The molecule has 0 spiro atoms. The van der Waals surface area contributed by atoms with Gasteiger partial charge in [0.15, 0.2) is 0 Å². The summed E-state index contributed by atoms with van der Waals surface area (Å²) in [6.45, 7) is 1.60. The van der Waals surface area contributed by atoms with Gasteiger partial charge in [0.1, 0.15) is 5.02 Å². The van der Waals surface area contributed by atoms with Gasteiger partial charge in [-0.15, -0.1) is 0 Å². The molecular formula is C8H8ClF2NO. The number of rotatable bonds is 2. The van der Waals surface area contributed by atoms with E-state index in [1.165, 1.54) is 13.2 Å². The molecule has 0 bridgehead atoms. The zero-order valence-corrected chi connectivity index (χ0v) is 7.90. The number of pyridine rings is 1. The van der Waals surface area contributed by atoms with Crippen molar-refractivity contribution in [2.24, 2.45) is 0 Å². The van der Waals surface area contributed by atoms with E-state index in [0.717, 1.165) is 0 Å². The van der Waals surface area contributed by atoms with E-state index >= 15 is 0 Å². The Labute approximate surface area is 79.5 Å². The van der Waals surface area contributed by atoms with E-state index in [4.69, 9.17) is 16.3 Å². The number of aromatic nitrogens is 1. The fourth-order valence-electron chi connectivity index (χ4n) is 0.947. The van der Waals surface area contributed by atoms with Crippen molar-refractivity contribution in [3.63, 3.8) is 0 Å². The van der Waals surface area contributed by atoms with Gasteiger partial charge in [0.05, 0.1) is 7.11 Å². The molecule has 0 radical (unpaired) electrons. The minimum atomic E-state index is -2.61. The molecule has 0 N–H and O–H groups in total. The molecule has 1 heterocycles. The third kappa shape index (κ3) is 2.06.